The molecular weight excluding hydrogens is 570 g/mol. The van der Waals surface area contributed by atoms with Crippen molar-refractivity contribution >= 4 is 30.4 Å². The molecule has 2 heterocycles. The van der Waals surface area contributed by atoms with E-state index in [9.17, 15) is 10.2 Å². The van der Waals surface area contributed by atoms with E-state index in [2.05, 4.69) is 52.3 Å². The first-order valence-electron chi connectivity index (χ1n) is 15.0. The van der Waals surface area contributed by atoms with Crippen LogP contribution in [0.4, 0.5) is 5.95 Å². The Bertz CT molecular complexity index is 1690. The van der Waals surface area contributed by atoms with Gasteiger partial charge < -0.3 is 30.0 Å². The molecule has 6 rings (SSSR count). The molecule has 1 fully saturated rings. The van der Waals surface area contributed by atoms with Gasteiger partial charge in [0.25, 0.3) is 0 Å². The summed E-state index contributed by atoms with van der Waals surface area (Å²) in [6.45, 7) is 5.24. The van der Waals surface area contributed by atoms with Gasteiger partial charge in [-0.05, 0) is 23.1 Å². The summed E-state index contributed by atoms with van der Waals surface area (Å²) < 4.78 is 14.2. The van der Waals surface area contributed by atoms with E-state index in [1.165, 1.54) is 5.19 Å². The number of nitrogens with zero attached hydrogens (tertiary/aromatic N) is 4. The highest BCUT2D eigenvalue weighted by Crippen LogP contribution is 2.55. The Morgan fingerprint density at radius 2 is 1.52 bits per heavy atom. The molecule has 10 heteroatoms. The van der Waals surface area contributed by atoms with Crippen LogP contribution < -0.4 is 15.7 Å². The van der Waals surface area contributed by atoms with Crippen molar-refractivity contribution in [3.05, 3.63) is 108 Å². The summed E-state index contributed by atoms with van der Waals surface area (Å²) in [5, 5.41) is 24.7. The van der Waals surface area contributed by atoms with Crippen molar-refractivity contribution < 1.29 is 19.7 Å². The number of benzene rings is 3. The average Bonchev–Trinajstić information content (AvgIpc) is 3.60. The van der Waals surface area contributed by atoms with E-state index in [0.29, 0.717) is 37.4 Å². The van der Waals surface area contributed by atoms with Gasteiger partial charge in [0.15, 0.2) is 11.2 Å². The monoisotopic (exact) mass is 609 g/mol. The third-order valence-corrected chi connectivity index (χ3v) is 13.6. The first kappa shape index (κ1) is 30.0. The Hall–Kier alpha value is -4.09. The second kappa shape index (κ2) is 12.5. The van der Waals surface area contributed by atoms with E-state index < -0.39 is 26.3 Å². The molecule has 4 atom stereocenters. The van der Waals surface area contributed by atoms with Gasteiger partial charge in [0.2, 0.25) is 11.8 Å². The fourth-order valence-electron chi connectivity index (χ4n) is 6.76. The second-order valence-corrected chi connectivity index (χ2v) is 16.9. The summed E-state index contributed by atoms with van der Waals surface area (Å²) in [7, 11) is -2.20. The Labute approximate surface area is 258 Å². The third-order valence-electron chi connectivity index (χ3n) is 9.25. The molecule has 0 bridgehead atoms. The summed E-state index contributed by atoms with van der Waals surface area (Å²) in [6, 6.07) is 29.8. The zero-order valence-corrected chi connectivity index (χ0v) is 26.1. The van der Waals surface area contributed by atoms with E-state index in [1.54, 1.807) is 6.33 Å². The molecule has 3 aromatic carbocycles. The minimum absolute atomic E-state index is 0.0473. The fraction of sp³-hybridized carbons (Fsp3) is 0.324. The van der Waals surface area contributed by atoms with Gasteiger partial charge in [-0.1, -0.05) is 109 Å². The number of aliphatic hydroxyl groups is 2. The third kappa shape index (κ3) is 5.73. The molecule has 44 heavy (non-hydrogen) atoms. The lowest BCUT2D eigenvalue weighted by Gasteiger charge is -2.39. The number of hydrogen-bond donors (Lipinski definition) is 3. The summed E-state index contributed by atoms with van der Waals surface area (Å²) in [5.74, 6) is -0.0152. The number of hydrogen-bond acceptors (Lipinski definition) is 8. The van der Waals surface area contributed by atoms with Crippen LogP contribution in [0.3, 0.4) is 0 Å². The molecule has 228 valence electrons. The van der Waals surface area contributed by atoms with Crippen molar-refractivity contribution in [2.45, 2.75) is 49.9 Å². The summed E-state index contributed by atoms with van der Waals surface area (Å²) in [4.78, 5) is 13.5. The smallest absolute Gasteiger partial charge is 0.247 e. The van der Waals surface area contributed by atoms with Crippen LogP contribution in [0.2, 0.25) is 18.6 Å². The zero-order valence-electron chi connectivity index (χ0n) is 25.1. The van der Waals surface area contributed by atoms with Crippen LogP contribution in [0.1, 0.15) is 23.6 Å². The minimum atomic E-state index is -2.20. The van der Waals surface area contributed by atoms with Crippen molar-refractivity contribution in [1.82, 2.24) is 19.5 Å². The lowest BCUT2D eigenvalue weighted by atomic mass is 9.89. The number of aromatic nitrogens is 4. The predicted octanol–water partition coefficient (Wildman–Crippen LogP) is 4.47. The number of nitrogens with two attached hydrogens (primary N) is 1. The first-order chi connectivity index (χ1) is 21.3. The standard InChI is InChI=1S/C34H39N5O4Si/c1-44(2,26-16-10-5-11-17-26)28-18-29(34(41,22-40)27(28)21-42-19-24-12-6-3-7-13-24)39-23-36-30-31(39)37-33(35)38-32(30)43-20-25-14-8-4-9-15-25/h3-17,23,27-29,40-41H,18-22H2,1-2H3,(H2,35,37,38)/t27-,28+,29+,34+/m0/s1. The molecule has 0 unspecified atom stereocenters. The van der Waals surface area contributed by atoms with Gasteiger partial charge in [0.1, 0.15) is 12.2 Å². The van der Waals surface area contributed by atoms with Crippen molar-refractivity contribution in [2.24, 2.45) is 5.92 Å². The molecule has 0 spiro atoms. The van der Waals surface area contributed by atoms with Crippen LogP contribution in [0.25, 0.3) is 11.2 Å². The molecule has 9 nitrogen and oxygen atoms in total. The van der Waals surface area contributed by atoms with Crippen LogP contribution in [-0.2, 0) is 18.0 Å². The van der Waals surface area contributed by atoms with Crippen LogP contribution in [0.5, 0.6) is 5.88 Å². The fourth-order valence-corrected chi connectivity index (χ4v) is 10.4. The number of aliphatic hydroxyl groups excluding tert-OH is 1. The lowest BCUT2D eigenvalue weighted by molar-refractivity contribution is -0.0935. The molecule has 4 N–H and O–H groups in total. The Balaban J connectivity index is 1.36. The highest BCUT2D eigenvalue weighted by atomic mass is 28.3. The van der Waals surface area contributed by atoms with E-state index in [-0.39, 0.29) is 23.3 Å². The molecule has 0 saturated heterocycles. The molecule has 1 aliphatic carbocycles. The van der Waals surface area contributed by atoms with Gasteiger partial charge >= 0.3 is 0 Å². The number of nitrogen functional groups attached to an aromatic ring is 1. The van der Waals surface area contributed by atoms with E-state index in [0.717, 1.165) is 11.1 Å². The molecule has 1 saturated carbocycles. The first-order valence-corrected chi connectivity index (χ1v) is 18.1. The van der Waals surface area contributed by atoms with Gasteiger partial charge in [0, 0.05) is 5.92 Å². The number of imidazole rings is 1. The number of rotatable bonds is 11. The second-order valence-electron chi connectivity index (χ2n) is 12.2. The number of ether oxygens (including phenoxy) is 2. The van der Waals surface area contributed by atoms with Crippen molar-refractivity contribution in [3.8, 4) is 5.88 Å². The Morgan fingerprint density at radius 3 is 2.16 bits per heavy atom. The minimum Gasteiger partial charge on any atom is -0.471 e. The molecule has 2 aromatic heterocycles. The van der Waals surface area contributed by atoms with Crippen molar-refractivity contribution in [2.75, 3.05) is 18.9 Å². The summed E-state index contributed by atoms with van der Waals surface area (Å²) in [6.07, 6.45) is 2.26. The molecular formula is C34H39N5O4Si. The Kier molecular flexibility index (Phi) is 8.50. The largest absolute Gasteiger partial charge is 0.471 e. The zero-order chi connectivity index (χ0) is 30.7. The van der Waals surface area contributed by atoms with Gasteiger partial charge in [-0.2, -0.15) is 9.97 Å². The van der Waals surface area contributed by atoms with E-state index in [1.807, 2.05) is 71.3 Å². The SMILES string of the molecule is C[Si](C)(c1ccccc1)[C@@H]1C[C@@H](n2cnc3c(OCc4ccccc4)nc(N)nc32)[C@@](O)(CO)[C@H]1COCc1ccccc1. The quantitative estimate of drug-likeness (QED) is 0.187. The van der Waals surface area contributed by atoms with E-state index >= 15 is 0 Å². The maximum Gasteiger partial charge on any atom is 0.247 e. The molecule has 5 aromatic rings. The van der Waals surface area contributed by atoms with Crippen LogP contribution in [-0.4, -0.2) is 56.6 Å². The number of anilines is 1. The molecule has 0 aliphatic heterocycles. The molecule has 1 aliphatic rings. The lowest BCUT2D eigenvalue weighted by Crippen LogP contribution is -2.52. The van der Waals surface area contributed by atoms with Crippen LogP contribution in [0, 0.1) is 5.92 Å². The van der Waals surface area contributed by atoms with Gasteiger partial charge in [-0.25, -0.2) is 4.98 Å². The topological polar surface area (TPSA) is 129 Å². The highest BCUT2D eigenvalue weighted by molar-refractivity contribution is 6.91. The van der Waals surface area contributed by atoms with E-state index in [4.69, 9.17) is 15.2 Å². The molecule has 0 radical (unpaired) electrons. The maximum atomic E-state index is 12.5. The van der Waals surface area contributed by atoms with Gasteiger partial charge in [0.05, 0.1) is 40.3 Å². The van der Waals surface area contributed by atoms with Crippen molar-refractivity contribution in [1.29, 1.82) is 0 Å². The average molecular weight is 610 g/mol. The van der Waals surface area contributed by atoms with Gasteiger partial charge in [-0.15, -0.1) is 0 Å². The Morgan fingerprint density at radius 1 is 0.909 bits per heavy atom. The molecule has 0 amide bonds. The van der Waals surface area contributed by atoms with Crippen molar-refractivity contribution in [3.63, 3.8) is 0 Å². The van der Waals surface area contributed by atoms with Crippen LogP contribution in [0.15, 0.2) is 97.3 Å². The predicted molar refractivity (Wildman–Crippen MR) is 173 cm³/mol. The summed E-state index contributed by atoms with van der Waals surface area (Å²) in [5.41, 5.74) is 7.70. The summed E-state index contributed by atoms with van der Waals surface area (Å²) >= 11 is 0. The van der Waals surface area contributed by atoms with Crippen LogP contribution >= 0.6 is 0 Å². The highest BCUT2D eigenvalue weighted by Gasteiger charge is 2.59. The number of fused-ring (bicyclic) bond motifs is 1. The van der Waals surface area contributed by atoms with Gasteiger partial charge in [-0.3, -0.25) is 0 Å². The normalized spacial score (nSPS) is 22.0. The maximum absolute atomic E-state index is 12.5.